The number of para-hydroxylation sites is 1. The van der Waals surface area contributed by atoms with Gasteiger partial charge in [0.25, 0.3) is 0 Å². The molecule has 0 aliphatic heterocycles. The maximum absolute atomic E-state index is 8.98. The molecule has 0 bridgehead atoms. The number of halogens is 1. The van der Waals surface area contributed by atoms with Gasteiger partial charge in [0.05, 0.1) is 22.5 Å². The van der Waals surface area contributed by atoms with E-state index < -0.39 is 0 Å². The van der Waals surface area contributed by atoms with Crippen molar-refractivity contribution in [3.8, 4) is 17.7 Å². The summed E-state index contributed by atoms with van der Waals surface area (Å²) in [6.45, 7) is 1.90. The number of nitriles is 1. The predicted molar refractivity (Wildman–Crippen MR) is 80.5 cm³/mol. The minimum absolute atomic E-state index is 0.123. The zero-order valence-corrected chi connectivity index (χ0v) is 11.9. The van der Waals surface area contributed by atoms with Crippen molar-refractivity contribution in [2.75, 3.05) is 0 Å². The maximum Gasteiger partial charge on any atom is 0.231 e. The van der Waals surface area contributed by atoms with Gasteiger partial charge in [-0.25, -0.2) is 4.98 Å². The van der Waals surface area contributed by atoms with Gasteiger partial charge in [0.15, 0.2) is 0 Å². The third-order valence-electron chi connectivity index (χ3n) is 3.06. The first-order valence-electron chi connectivity index (χ1n) is 6.28. The molecule has 5 heteroatoms. The van der Waals surface area contributed by atoms with Gasteiger partial charge in [-0.15, -0.1) is 0 Å². The maximum atomic E-state index is 8.98. The number of rotatable bonds is 2. The van der Waals surface area contributed by atoms with Crippen LogP contribution in [0.15, 0.2) is 42.5 Å². The lowest BCUT2D eigenvalue weighted by atomic mass is 10.1. The average Bonchev–Trinajstić information content (AvgIpc) is 2.49. The SMILES string of the molecule is Cc1ccc(C#N)cc1Oc1nc(Cl)nc2ccccc12. The first-order valence-corrected chi connectivity index (χ1v) is 6.66. The third kappa shape index (κ3) is 2.64. The van der Waals surface area contributed by atoms with E-state index in [1.165, 1.54) is 0 Å². The highest BCUT2D eigenvalue weighted by Gasteiger charge is 2.10. The summed E-state index contributed by atoms with van der Waals surface area (Å²) in [5.74, 6) is 0.956. The summed E-state index contributed by atoms with van der Waals surface area (Å²) in [5.41, 5.74) is 2.15. The minimum Gasteiger partial charge on any atom is -0.438 e. The Morgan fingerprint density at radius 3 is 2.76 bits per heavy atom. The van der Waals surface area contributed by atoms with E-state index in [1.807, 2.05) is 37.3 Å². The number of aromatic nitrogens is 2. The standard InChI is InChI=1S/C16H10ClN3O/c1-10-6-7-11(9-18)8-14(10)21-15-12-4-2-3-5-13(12)19-16(17)20-15/h2-8H,1H3. The molecule has 0 saturated carbocycles. The molecular formula is C16H10ClN3O. The fourth-order valence-electron chi connectivity index (χ4n) is 1.98. The molecule has 0 spiro atoms. The highest BCUT2D eigenvalue weighted by molar-refractivity contribution is 6.28. The Labute approximate surface area is 126 Å². The van der Waals surface area contributed by atoms with Crippen LogP contribution in [0.5, 0.6) is 11.6 Å². The van der Waals surface area contributed by atoms with E-state index in [0.717, 1.165) is 10.9 Å². The van der Waals surface area contributed by atoms with Crippen molar-refractivity contribution in [3.05, 3.63) is 58.9 Å². The molecule has 2 aromatic carbocycles. The lowest BCUT2D eigenvalue weighted by Crippen LogP contribution is -1.95. The monoisotopic (exact) mass is 295 g/mol. The van der Waals surface area contributed by atoms with Crippen molar-refractivity contribution in [2.45, 2.75) is 6.92 Å². The Hall–Kier alpha value is -2.64. The molecule has 0 atom stereocenters. The molecule has 21 heavy (non-hydrogen) atoms. The van der Waals surface area contributed by atoms with Gasteiger partial charge in [-0.05, 0) is 48.4 Å². The van der Waals surface area contributed by atoms with Crippen molar-refractivity contribution in [3.63, 3.8) is 0 Å². The topological polar surface area (TPSA) is 58.8 Å². The van der Waals surface area contributed by atoms with Crippen LogP contribution < -0.4 is 4.74 Å². The van der Waals surface area contributed by atoms with Crippen molar-refractivity contribution in [1.82, 2.24) is 9.97 Å². The average molecular weight is 296 g/mol. The van der Waals surface area contributed by atoms with Gasteiger partial charge in [-0.2, -0.15) is 10.2 Å². The van der Waals surface area contributed by atoms with Crippen molar-refractivity contribution in [1.29, 1.82) is 5.26 Å². The van der Waals surface area contributed by atoms with Crippen LogP contribution in [-0.2, 0) is 0 Å². The van der Waals surface area contributed by atoms with Gasteiger partial charge in [0, 0.05) is 0 Å². The summed E-state index contributed by atoms with van der Waals surface area (Å²) in [5, 5.41) is 9.87. The van der Waals surface area contributed by atoms with Crippen LogP contribution in [0, 0.1) is 18.3 Å². The minimum atomic E-state index is 0.123. The molecular weight excluding hydrogens is 286 g/mol. The van der Waals surface area contributed by atoms with E-state index in [-0.39, 0.29) is 5.28 Å². The molecule has 0 N–H and O–H groups in total. The molecule has 102 valence electrons. The lowest BCUT2D eigenvalue weighted by molar-refractivity contribution is 0.464. The number of aryl methyl sites for hydroxylation is 1. The van der Waals surface area contributed by atoms with Crippen molar-refractivity contribution >= 4 is 22.5 Å². The summed E-state index contributed by atoms with van der Waals surface area (Å²) in [6.07, 6.45) is 0. The van der Waals surface area contributed by atoms with Crippen LogP contribution >= 0.6 is 11.6 Å². The Bertz CT molecular complexity index is 871. The zero-order valence-electron chi connectivity index (χ0n) is 11.2. The second-order valence-corrected chi connectivity index (χ2v) is 4.85. The van der Waals surface area contributed by atoms with E-state index in [9.17, 15) is 0 Å². The lowest BCUT2D eigenvalue weighted by Gasteiger charge is -2.10. The number of hydrogen-bond acceptors (Lipinski definition) is 4. The predicted octanol–water partition coefficient (Wildman–Crippen LogP) is 4.26. The Morgan fingerprint density at radius 1 is 1.14 bits per heavy atom. The largest absolute Gasteiger partial charge is 0.438 e. The summed E-state index contributed by atoms with van der Waals surface area (Å²) in [6, 6.07) is 14.8. The van der Waals surface area contributed by atoms with Gasteiger partial charge in [0.2, 0.25) is 11.2 Å². The van der Waals surface area contributed by atoms with Gasteiger partial charge >= 0.3 is 0 Å². The molecule has 0 aliphatic rings. The molecule has 0 amide bonds. The van der Waals surface area contributed by atoms with Crippen LogP contribution in [0.2, 0.25) is 5.28 Å². The number of fused-ring (bicyclic) bond motifs is 1. The second-order valence-electron chi connectivity index (χ2n) is 4.51. The quantitative estimate of drug-likeness (QED) is 0.663. The Morgan fingerprint density at radius 2 is 1.95 bits per heavy atom. The fraction of sp³-hybridized carbons (Fsp3) is 0.0625. The van der Waals surface area contributed by atoms with Crippen LogP contribution in [0.25, 0.3) is 10.9 Å². The van der Waals surface area contributed by atoms with E-state index >= 15 is 0 Å². The normalized spacial score (nSPS) is 10.3. The molecule has 3 aromatic rings. The zero-order chi connectivity index (χ0) is 14.8. The third-order valence-corrected chi connectivity index (χ3v) is 3.23. The van der Waals surface area contributed by atoms with Crippen molar-refractivity contribution < 1.29 is 4.74 Å². The molecule has 3 rings (SSSR count). The Kier molecular flexibility index (Phi) is 3.43. The van der Waals surface area contributed by atoms with E-state index in [0.29, 0.717) is 22.7 Å². The number of hydrogen-bond donors (Lipinski definition) is 0. The molecule has 1 aromatic heterocycles. The first-order chi connectivity index (χ1) is 10.2. The highest BCUT2D eigenvalue weighted by Crippen LogP contribution is 2.30. The number of benzene rings is 2. The summed E-state index contributed by atoms with van der Waals surface area (Å²) in [7, 11) is 0. The fourth-order valence-corrected chi connectivity index (χ4v) is 2.15. The molecule has 0 radical (unpaired) electrons. The molecule has 4 nitrogen and oxygen atoms in total. The molecule has 0 fully saturated rings. The number of nitrogens with zero attached hydrogens (tertiary/aromatic N) is 3. The smallest absolute Gasteiger partial charge is 0.231 e. The van der Waals surface area contributed by atoms with Crippen LogP contribution in [-0.4, -0.2) is 9.97 Å². The summed E-state index contributed by atoms with van der Waals surface area (Å²) in [4.78, 5) is 8.30. The van der Waals surface area contributed by atoms with E-state index in [1.54, 1.807) is 12.1 Å². The molecule has 1 heterocycles. The van der Waals surface area contributed by atoms with E-state index in [2.05, 4.69) is 16.0 Å². The summed E-state index contributed by atoms with van der Waals surface area (Å²) >= 11 is 5.93. The summed E-state index contributed by atoms with van der Waals surface area (Å²) < 4.78 is 5.86. The molecule has 0 aliphatic carbocycles. The first kappa shape index (κ1) is 13.3. The molecule has 0 unspecified atom stereocenters. The van der Waals surface area contributed by atoms with Crippen LogP contribution in [0.4, 0.5) is 0 Å². The van der Waals surface area contributed by atoms with Crippen LogP contribution in [0.3, 0.4) is 0 Å². The highest BCUT2D eigenvalue weighted by atomic mass is 35.5. The number of ether oxygens (including phenoxy) is 1. The van der Waals surface area contributed by atoms with Gasteiger partial charge in [0.1, 0.15) is 5.75 Å². The Balaban J connectivity index is 2.12. The van der Waals surface area contributed by atoms with Crippen LogP contribution in [0.1, 0.15) is 11.1 Å². The van der Waals surface area contributed by atoms with Gasteiger partial charge < -0.3 is 4.74 Å². The van der Waals surface area contributed by atoms with Gasteiger partial charge in [-0.3, -0.25) is 0 Å². The van der Waals surface area contributed by atoms with E-state index in [4.69, 9.17) is 21.6 Å². The molecule has 0 saturated heterocycles. The van der Waals surface area contributed by atoms with Crippen molar-refractivity contribution in [2.24, 2.45) is 0 Å². The van der Waals surface area contributed by atoms with Gasteiger partial charge in [-0.1, -0.05) is 18.2 Å². The second kappa shape index (κ2) is 5.39.